The fourth-order valence-electron chi connectivity index (χ4n) is 7.26. The van der Waals surface area contributed by atoms with E-state index in [4.69, 9.17) is 14.8 Å². The molecule has 0 atom stereocenters. The quantitative estimate of drug-likeness (QED) is 0.0212. The maximum absolute atomic E-state index is 11.4. The number of carboxylic acid groups (broad SMARTS) is 2. The summed E-state index contributed by atoms with van der Waals surface area (Å²) in [5.74, 6) is -3.30. The lowest BCUT2D eigenvalue weighted by atomic mass is 10.1. The molecule has 0 aliphatic rings. The van der Waals surface area contributed by atoms with Crippen LogP contribution in [0.2, 0.25) is 0 Å². The van der Waals surface area contributed by atoms with Crippen LogP contribution in [0.25, 0.3) is 59.4 Å². The summed E-state index contributed by atoms with van der Waals surface area (Å²) in [5, 5.41) is 28.9. The molecule has 0 spiro atoms. The van der Waals surface area contributed by atoms with E-state index in [1.54, 1.807) is 178 Å². The van der Waals surface area contributed by atoms with Gasteiger partial charge in [0, 0.05) is 84.3 Å². The number of imidazole rings is 1. The van der Waals surface area contributed by atoms with E-state index in [0.717, 1.165) is 75.0 Å². The zero-order valence-corrected chi connectivity index (χ0v) is 67.8. The van der Waals surface area contributed by atoms with Crippen LogP contribution in [-0.2, 0) is 43.7 Å². The van der Waals surface area contributed by atoms with Gasteiger partial charge in [-0.15, -0.1) is 0 Å². The molecule has 10 aromatic rings. The number of carboxylic acids is 2. The van der Waals surface area contributed by atoms with Crippen LogP contribution in [-0.4, -0.2) is 141 Å². The predicted molar refractivity (Wildman–Crippen MR) is 475 cm³/mol. The van der Waals surface area contributed by atoms with Gasteiger partial charge >= 0.3 is 11.9 Å². The molecule has 0 saturated carbocycles. The van der Waals surface area contributed by atoms with Gasteiger partial charge in [-0.25, -0.2) is 49.5 Å². The number of amides is 6. The number of carbonyl (C=O) groups excluding carboxylic acids is 6. The molecule has 10 rings (SSSR count). The van der Waals surface area contributed by atoms with Gasteiger partial charge in [-0.1, -0.05) is 146 Å². The molecular weight excluding hydrogens is 1550 g/mol. The van der Waals surface area contributed by atoms with Crippen molar-refractivity contribution in [3.8, 4) is 22.8 Å². The molecule has 0 saturated heterocycles. The summed E-state index contributed by atoms with van der Waals surface area (Å²) >= 11 is 0. The van der Waals surface area contributed by atoms with Crippen LogP contribution in [0.1, 0.15) is 72.9 Å². The normalized spacial score (nSPS) is 9.32. The van der Waals surface area contributed by atoms with Gasteiger partial charge in [-0.3, -0.25) is 48.3 Å². The molecule has 0 radical (unpaired) electrons. The molecule has 32 heteroatoms. The highest BCUT2D eigenvalue weighted by Crippen LogP contribution is 2.23. The van der Waals surface area contributed by atoms with Crippen molar-refractivity contribution in [1.82, 2.24) is 64.7 Å². The van der Waals surface area contributed by atoms with Crippen molar-refractivity contribution in [3.63, 3.8) is 0 Å². The average Bonchev–Trinajstić information content (AvgIpc) is 0.904. The molecular formula is C88H96N18O13S. The number of aromatic nitrogens is 12. The average molecular weight is 1650 g/mol. The van der Waals surface area contributed by atoms with Crippen molar-refractivity contribution in [1.29, 1.82) is 0 Å². The molecule has 120 heavy (non-hydrogen) atoms. The number of nitrogens with zero attached hydrogens (tertiary/aromatic N) is 12. The number of anilines is 4. The van der Waals surface area contributed by atoms with Crippen molar-refractivity contribution in [2.24, 2.45) is 5.73 Å². The minimum Gasteiger partial charge on any atom is -0.478 e. The Morgan fingerprint density at radius 3 is 1.19 bits per heavy atom. The summed E-state index contributed by atoms with van der Waals surface area (Å²) in [5.41, 5.74) is 13.0. The number of primary amides is 1. The first-order chi connectivity index (χ1) is 57.0. The third-order valence-electron chi connectivity index (χ3n) is 13.0. The van der Waals surface area contributed by atoms with Gasteiger partial charge in [0.2, 0.25) is 23.6 Å². The Balaban J connectivity index is 0.00000133. The van der Waals surface area contributed by atoms with E-state index in [-0.39, 0.29) is 29.2 Å². The number of benzene rings is 1. The first kappa shape index (κ1) is 104. The third-order valence-corrected chi connectivity index (χ3v) is 14.1. The highest BCUT2D eigenvalue weighted by atomic mass is 32.2. The topological polar surface area (TPSA) is 464 Å². The maximum Gasteiger partial charge on any atom is 0.335 e. The van der Waals surface area contributed by atoms with Crippen molar-refractivity contribution >= 4 is 117 Å². The molecule has 0 bridgehead atoms. The van der Waals surface area contributed by atoms with Crippen LogP contribution < -0.4 is 32.3 Å². The lowest BCUT2D eigenvalue weighted by Gasteiger charge is -2.23. The first-order valence-corrected chi connectivity index (χ1v) is 36.3. The molecule has 1 aromatic carbocycles. The molecule has 0 fully saturated rings. The summed E-state index contributed by atoms with van der Waals surface area (Å²) < 4.78 is 31.3. The largest absolute Gasteiger partial charge is 0.478 e. The van der Waals surface area contributed by atoms with E-state index in [1.807, 2.05) is 66.9 Å². The van der Waals surface area contributed by atoms with Crippen molar-refractivity contribution in [2.75, 3.05) is 27.0 Å². The zero-order chi connectivity index (χ0) is 90.4. The summed E-state index contributed by atoms with van der Waals surface area (Å²) in [6, 6.07) is 37.5. The van der Waals surface area contributed by atoms with Gasteiger partial charge in [0.25, 0.3) is 21.9 Å². The van der Waals surface area contributed by atoms with Crippen LogP contribution in [0.15, 0.2) is 329 Å². The van der Waals surface area contributed by atoms with Gasteiger partial charge in [0.15, 0.2) is 0 Å². The lowest BCUT2D eigenvalue weighted by molar-refractivity contribution is -0.132. The number of nitrogens with one attached hydrogen (secondary N) is 5. The highest BCUT2D eigenvalue weighted by Gasteiger charge is 2.25. The second-order valence-electron chi connectivity index (χ2n) is 23.5. The fraction of sp³-hybridized carbons (Fsp3) is 0.0795. The molecule has 10 N–H and O–H groups in total. The lowest BCUT2D eigenvalue weighted by Crippen LogP contribution is -2.47. The van der Waals surface area contributed by atoms with Crippen LogP contribution in [0.3, 0.4) is 0 Å². The minimum atomic E-state index is -4.08. The number of nitrogens with two attached hydrogens (primary N) is 1. The number of rotatable bonds is 23. The standard InChI is InChI=1S/C17H13N3.C13H15N3O2.C11H11N3O2.C9H8O2.C7H13NO4S.C7H7N.2C6H6N2.C5H6N2.C4H6O2.C3H5NO/c1-2-13-11-16(14-7-3-5-9-18-14)20-17(12-13)15-8-4-6-10-19-15;1-8(2)12(17)15-10-6-5-7-11(14-10)16-13(18)9(3)4;1-3-10(15)13-8-6-5-7-9(12-8)14-11(16)4-2;1-2-7-3-5-8(6-4-7)9(10)11;1-4-6(9)8-7(2,3)5-13(10,11)12;1-2-7-3-5-8-6-4-7;1-2-6-3-7-5-8-4-6;1-2-6-3-4-7-5-8-6;1-2-7-4-3-6-5-7;1-3(2)4(5)6;1-2-3(4)5/h2-12H,1H2;5-7H,1,3H2,2,4H3,(H2,14,15,16,17,18);3-7H,1-2H2,(H2,12,13,14,15,16);2-6H,1H2,(H,10,11);4H,1,5H2,2-3H3,(H,8,9)(H,10,11,12);2-6H,1H2;2*2-5H,1H2;2-5H,1H2;1H2,2H3,(H,5,6);2H,1H2,(H2,4,5). The van der Waals surface area contributed by atoms with Gasteiger partial charge in [-0.2, -0.15) is 8.42 Å². The minimum absolute atomic E-state index is 0.176. The molecule has 0 aliphatic heterocycles. The van der Waals surface area contributed by atoms with Gasteiger partial charge in [0.1, 0.15) is 35.9 Å². The maximum atomic E-state index is 11.4. The summed E-state index contributed by atoms with van der Waals surface area (Å²) in [6.45, 7) is 52.4. The Labute approximate surface area is 697 Å². The Morgan fingerprint density at radius 1 is 0.458 bits per heavy atom. The Morgan fingerprint density at radius 2 is 0.892 bits per heavy atom. The SMILES string of the molecule is C=C(C)C(=O)Nc1cccc(NC(=O)C(=C)C)n1.C=C(C)C(=O)O.C=CC(=O)NC(C)(C)CS(=O)(=O)O.C=CC(=O)Nc1cccc(NC(=O)C=C)n1.C=CC(N)=O.C=Cc1cc(-c2ccccn2)nc(-c2ccccn2)c1.C=Cc1ccc(C(=O)O)cc1.C=Cc1ccncc1.C=Cc1ccncn1.C=Cc1cncnc1.C=Cn1ccnc1. The molecule has 9 aromatic heterocycles. The van der Waals surface area contributed by atoms with Gasteiger partial charge in [0.05, 0.1) is 51.7 Å². The second-order valence-corrected chi connectivity index (χ2v) is 24.9. The molecule has 622 valence electrons. The van der Waals surface area contributed by atoms with Crippen LogP contribution >= 0.6 is 0 Å². The number of aromatic carboxylic acids is 1. The van der Waals surface area contributed by atoms with Crippen molar-refractivity contribution < 1.29 is 61.5 Å². The van der Waals surface area contributed by atoms with Crippen molar-refractivity contribution in [2.45, 2.75) is 40.2 Å². The smallest absolute Gasteiger partial charge is 0.335 e. The number of carbonyl (C=O) groups is 8. The predicted octanol–water partition coefficient (Wildman–Crippen LogP) is 14.5. The number of aliphatic carboxylic acids is 1. The Kier molecular flexibility index (Phi) is 51.4. The Bertz CT molecular complexity index is 4920. The van der Waals surface area contributed by atoms with E-state index in [2.05, 4.69) is 173 Å². The number of hydrogen-bond acceptors (Lipinski definition) is 21. The van der Waals surface area contributed by atoms with E-state index >= 15 is 0 Å². The van der Waals surface area contributed by atoms with E-state index < -0.39 is 45.2 Å². The zero-order valence-electron chi connectivity index (χ0n) is 67.0. The molecule has 6 amide bonds. The van der Waals surface area contributed by atoms with E-state index in [1.165, 1.54) is 33.4 Å². The highest BCUT2D eigenvalue weighted by molar-refractivity contribution is 7.85. The first-order valence-electron chi connectivity index (χ1n) is 34.7. The van der Waals surface area contributed by atoms with Crippen LogP contribution in [0, 0.1) is 0 Å². The fourth-order valence-corrected chi connectivity index (χ4v) is 8.25. The molecule has 0 unspecified atom stereocenters. The summed E-state index contributed by atoms with van der Waals surface area (Å²) in [4.78, 5) is 129. The Hall–Kier alpha value is -16.2. The van der Waals surface area contributed by atoms with E-state index in [9.17, 15) is 46.8 Å². The van der Waals surface area contributed by atoms with Crippen LogP contribution in [0.5, 0.6) is 0 Å². The summed E-state index contributed by atoms with van der Waals surface area (Å²) in [6.07, 6.45) is 35.0. The monoisotopic (exact) mass is 1640 g/mol. The second kappa shape index (κ2) is 59.5. The molecule has 9 heterocycles. The molecule has 0 aliphatic carbocycles. The van der Waals surface area contributed by atoms with E-state index in [0.29, 0.717) is 40.0 Å². The molecule has 31 nitrogen and oxygen atoms in total. The van der Waals surface area contributed by atoms with Crippen molar-refractivity contribution in [3.05, 3.63) is 362 Å². The number of hydrogen-bond donors (Lipinski definition) is 9. The van der Waals surface area contributed by atoms with Crippen LogP contribution in [0.4, 0.5) is 23.3 Å². The number of pyridine rings is 6. The third kappa shape index (κ3) is 50.0. The summed E-state index contributed by atoms with van der Waals surface area (Å²) in [7, 11) is -4.08. The van der Waals surface area contributed by atoms with Gasteiger partial charge < -0.3 is 47.1 Å². The van der Waals surface area contributed by atoms with Gasteiger partial charge in [-0.05, 0) is 173 Å².